The molecule has 1 aromatic carbocycles. The van der Waals surface area contributed by atoms with E-state index in [1.165, 1.54) is 0 Å². The average Bonchev–Trinajstić information content (AvgIpc) is 2.33. The van der Waals surface area contributed by atoms with Gasteiger partial charge in [-0.15, -0.1) is 0 Å². The second-order valence-electron chi connectivity index (χ2n) is 4.63. The first-order valence-corrected chi connectivity index (χ1v) is 6.27. The van der Waals surface area contributed by atoms with Gasteiger partial charge in [-0.05, 0) is 18.1 Å². The molecule has 0 aliphatic rings. The van der Waals surface area contributed by atoms with E-state index in [0.717, 1.165) is 5.56 Å². The molecule has 0 spiro atoms. The summed E-state index contributed by atoms with van der Waals surface area (Å²) < 4.78 is 1.70. The van der Waals surface area contributed by atoms with Crippen molar-refractivity contribution in [3.8, 4) is 11.3 Å². The van der Waals surface area contributed by atoms with E-state index in [2.05, 4.69) is 18.8 Å². The van der Waals surface area contributed by atoms with Crippen LogP contribution in [0.15, 0.2) is 41.5 Å². The lowest BCUT2D eigenvalue weighted by atomic mass is 10.1. The van der Waals surface area contributed by atoms with Gasteiger partial charge >= 0.3 is 0 Å². The van der Waals surface area contributed by atoms with Gasteiger partial charge in [0, 0.05) is 29.5 Å². The van der Waals surface area contributed by atoms with Crippen molar-refractivity contribution in [2.75, 3.05) is 0 Å². The SMILES string of the molecule is CC(C)Cn1ccnc(-c2ccc(Cl)cc2)c1=O. The molecule has 0 N–H and O–H groups in total. The topological polar surface area (TPSA) is 34.9 Å². The lowest BCUT2D eigenvalue weighted by Crippen LogP contribution is -2.24. The van der Waals surface area contributed by atoms with E-state index in [-0.39, 0.29) is 5.56 Å². The smallest absolute Gasteiger partial charge is 0.277 e. The molecule has 1 heterocycles. The van der Waals surface area contributed by atoms with Crippen LogP contribution in [0.4, 0.5) is 0 Å². The molecule has 3 nitrogen and oxygen atoms in total. The van der Waals surface area contributed by atoms with Crippen LogP contribution in [0.5, 0.6) is 0 Å². The zero-order valence-electron chi connectivity index (χ0n) is 10.4. The van der Waals surface area contributed by atoms with Crippen LogP contribution in [0.2, 0.25) is 5.02 Å². The predicted molar refractivity (Wildman–Crippen MR) is 73.8 cm³/mol. The highest BCUT2D eigenvalue weighted by Crippen LogP contribution is 2.16. The average molecular weight is 263 g/mol. The summed E-state index contributed by atoms with van der Waals surface area (Å²) in [5, 5.41) is 0.650. The van der Waals surface area contributed by atoms with Crippen LogP contribution in [0.1, 0.15) is 13.8 Å². The van der Waals surface area contributed by atoms with Crippen LogP contribution in [-0.2, 0) is 6.54 Å². The van der Waals surface area contributed by atoms with Crippen LogP contribution in [0.25, 0.3) is 11.3 Å². The number of benzene rings is 1. The molecule has 18 heavy (non-hydrogen) atoms. The van der Waals surface area contributed by atoms with E-state index in [9.17, 15) is 4.79 Å². The molecule has 0 aliphatic carbocycles. The Morgan fingerprint density at radius 1 is 1.28 bits per heavy atom. The third-order valence-corrected chi connectivity index (χ3v) is 2.85. The van der Waals surface area contributed by atoms with Crippen LogP contribution in [0, 0.1) is 5.92 Å². The molecule has 0 aliphatic heterocycles. The molecule has 0 bridgehead atoms. The van der Waals surface area contributed by atoms with E-state index < -0.39 is 0 Å². The highest BCUT2D eigenvalue weighted by molar-refractivity contribution is 6.30. The minimum atomic E-state index is -0.0616. The molecule has 2 aromatic rings. The normalized spacial score (nSPS) is 10.9. The number of hydrogen-bond acceptors (Lipinski definition) is 2. The Morgan fingerprint density at radius 2 is 1.94 bits per heavy atom. The molecule has 4 heteroatoms. The molecule has 0 atom stereocenters. The summed E-state index contributed by atoms with van der Waals surface area (Å²) in [6.45, 7) is 4.85. The Labute approximate surface area is 111 Å². The highest BCUT2D eigenvalue weighted by Gasteiger charge is 2.08. The van der Waals surface area contributed by atoms with Crippen LogP contribution >= 0.6 is 11.6 Å². The van der Waals surface area contributed by atoms with E-state index in [0.29, 0.717) is 23.2 Å². The van der Waals surface area contributed by atoms with Gasteiger partial charge in [-0.1, -0.05) is 37.6 Å². The fourth-order valence-electron chi connectivity index (χ4n) is 1.79. The summed E-state index contributed by atoms with van der Waals surface area (Å²) in [4.78, 5) is 16.4. The van der Waals surface area contributed by atoms with Crippen molar-refractivity contribution in [1.82, 2.24) is 9.55 Å². The molecule has 0 saturated heterocycles. The molecule has 0 unspecified atom stereocenters. The summed E-state index contributed by atoms with van der Waals surface area (Å²) in [6, 6.07) is 7.15. The van der Waals surface area contributed by atoms with Gasteiger partial charge in [-0.2, -0.15) is 0 Å². The molecule has 0 saturated carbocycles. The standard InChI is InChI=1S/C14H15ClN2O/c1-10(2)9-17-8-7-16-13(14(17)18)11-3-5-12(15)6-4-11/h3-8,10H,9H2,1-2H3. The van der Waals surface area contributed by atoms with Crippen molar-refractivity contribution in [2.24, 2.45) is 5.92 Å². The van der Waals surface area contributed by atoms with Crippen LogP contribution in [-0.4, -0.2) is 9.55 Å². The lowest BCUT2D eigenvalue weighted by Gasteiger charge is -2.09. The minimum Gasteiger partial charge on any atom is -0.312 e. The Balaban J connectivity index is 2.46. The maximum Gasteiger partial charge on any atom is 0.277 e. The van der Waals surface area contributed by atoms with Gasteiger partial charge in [-0.25, -0.2) is 4.98 Å². The molecule has 0 fully saturated rings. The van der Waals surface area contributed by atoms with E-state index in [1.54, 1.807) is 29.1 Å². The largest absolute Gasteiger partial charge is 0.312 e. The van der Waals surface area contributed by atoms with E-state index >= 15 is 0 Å². The molecule has 1 aromatic heterocycles. The fourth-order valence-corrected chi connectivity index (χ4v) is 1.92. The second kappa shape index (κ2) is 5.36. The summed E-state index contributed by atoms with van der Waals surface area (Å²) >= 11 is 5.84. The first kappa shape index (κ1) is 12.8. The Bertz CT molecular complexity index is 587. The van der Waals surface area contributed by atoms with Crippen molar-refractivity contribution < 1.29 is 0 Å². The van der Waals surface area contributed by atoms with Gasteiger partial charge in [0.25, 0.3) is 5.56 Å². The van der Waals surface area contributed by atoms with Gasteiger partial charge < -0.3 is 4.57 Å². The first-order chi connectivity index (χ1) is 8.58. The van der Waals surface area contributed by atoms with Crippen molar-refractivity contribution in [3.05, 3.63) is 52.0 Å². The lowest BCUT2D eigenvalue weighted by molar-refractivity contribution is 0.509. The predicted octanol–water partition coefficient (Wildman–Crippen LogP) is 3.22. The Kier molecular flexibility index (Phi) is 3.82. The maximum atomic E-state index is 12.3. The molecule has 0 radical (unpaired) electrons. The first-order valence-electron chi connectivity index (χ1n) is 5.89. The quantitative estimate of drug-likeness (QED) is 0.851. The maximum absolute atomic E-state index is 12.3. The summed E-state index contributed by atoms with van der Waals surface area (Å²) in [5.74, 6) is 0.420. The Hall–Kier alpha value is -1.61. The number of nitrogens with zero attached hydrogens (tertiary/aromatic N) is 2. The number of rotatable bonds is 3. The molecular formula is C14H15ClN2O. The van der Waals surface area contributed by atoms with Crippen molar-refractivity contribution >= 4 is 11.6 Å². The van der Waals surface area contributed by atoms with Gasteiger partial charge in [0.15, 0.2) is 0 Å². The van der Waals surface area contributed by atoms with Crippen molar-refractivity contribution in [2.45, 2.75) is 20.4 Å². The van der Waals surface area contributed by atoms with Gasteiger partial charge in [-0.3, -0.25) is 4.79 Å². The highest BCUT2D eigenvalue weighted by atomic mass is 35.5. The molecule has 94 valence electrons. The van der Waals surface area contributed by atoms with Crippen molar-refractivity contribution in [3.63, 3.8) is 0 Å². The zero-order chi connectivity index (χ0) is 13.1. The van der Waals surface area contributed by atoms with Gasteiger partial charge in [0.2, 0.25) is 0 Å². The fraction of sp³-hybridized carbons (Fsp3) is 0.286. The summed E-state index contributed by atoms with van der Waals surface area (Å²) in [6.07, 6.45) is 3.38. The summed E-state index contributed by atoms with van der Waals surface area (Å²) in [7, 11) is 0. The number of halogens is 1. The third-order valence-electron chi connectivity index (χ3n) is 2.59. The van der Waals surface area contributed by atoms with Gasteiger partial charge in [0.1, 0.15) is 5.69 Å². The third kappa shape index (κ3) is 2.79. The van der Waals surface area contributed by atoms with Crippen LogP contribution in [0.3, 0.4) is 0 Å². The summed E-state index contributed by atoms with van der Waals surface area (Å²) in [5.41, 5.74) is 1.20. The molecule has 2 rings (SSSR count). The minimum absolute atomic E-state index is 0.0616. The van der Waals surface area contributed by atoms with Crippen LogP contribution < -0.4 is 5.56 Å². The number of hydrogen-bond donors (Lipinski definition) is 0. The number of aromatic nitrogens is 2. The van der Waals surface area contributed by atoms with Crippen molar-refractivity contribution in [1.29, 1.82) is 0 Å². The van der Waals surface area contributed by atoms with Gasteiger partial charge in [0.05, 0.1) is 0 Å². The monoisotopic (exact) mass is 262 g/mol. The Morgan fingerprint density at radius 3 is 2.56 bits per heavy atom. The van der Waals surface area contributed by atoms with E-state index in [1.807, 2.05) is 12.1 Å². The zero-order valence-corrected chi connectivity index (χ0v) is 11.2. The second-order valence-corrected chi connectivity index (χ2v) is 5.07. The molecule has 0 amide bonds. The van der Waals surface area contributed by atoms with E-state index in [4.69, 9.17) is 11.6 Å². The molecular weight excluding hydrogens is 248 g/mol.